The molecule has 1 fully saturated rings. The smallest absolute Gasteiger partial charge is 0.118 e. The zero-order chi connectivity index (χ0) is 16.9. The average Bonchev–Trinajstić information content (AvgIpc) is 2.65. The van der Waals surface area contributed by atoms with Crippen LogP contribution in [-0.2, 0) is 0 Å². The highest BCUT2D eigenvalue weighted by Crippen LogP contribution is 2.37. The van der Waals surface area contributed by atoms with Crippen LogP contribution in [0.5, 0.6) is 5.75 Å². The molecule has 1 N–H and O–H groups in total. The predicted molar refractivity (Wildman–Crippen MR) is 97.4 cm³/mol. The molecule has 0 spiro atoms. The van der Waals surface area contributed by atoms with Gasteiger partial charge in [0.15, 0.2) is 0 Å². The molecule has 0 radical (unpaired) electrons. The number of methoxy groups -OCH3 is 1. The molecule has 24 heavy (non-hydrogen) atoms. The summed E-state index contributed by atoms with van der Waals surface area (Å²) in [6.07, 6.45) is 2.35. The zero-order valence-electron chi connectivity index (χ0n) is 14.6. The third kappa shape index (κ3) is 3.47. The summed E-state index contributed by atoms with van der Waals surface area (Å²) in [7, 11) is 1.70. The van der Waals surface area contributed by atoms with E-state index in [9.17, 15) is 5.11 Å². The monoisotopic (exact) mass is 325 g/mol. The fourth-order valence-electron chi connectivity index (χ4n) is 3.98. The van der Waals surface area contributed by atoms with Crippen LogP contribution in [-0.4, -0.2) is 36.3 Å². The van der Waals surface area contributed by atoms with Gasteiger partial charge in [0.05, 0.1) is 19.8 Å². The minimum atomic E-state index is 0.0715. The van der Waals surface area contributed by atoms with E-state index in [0.717, 1.165) is 18.7 Å². The van der Waals surface area contributed by atoms with Crippen molar-refractivity contribution in [1.29, 1.82) is 0 Å². The fourth-order valence-corrected chi connectivity index (χ4v) is 3.98. The van der Waals surface area contributed by atoms with Crippen molar-refractivity contribution < 1.29 is 9.84 Å². The second-order valence-corrected chi connectivity index (χ2v) is 6.61. The third-order valence-corrected chi connectivity index (χ3v) is 5.34. The Morgan fingerprint density at radius 1 is 1.12 bits per heavy atom. The summed E-state index contributed by atoms with van der Waals surface area (Å²) in [4.78, 5) is 2.47. The van der Waals surface area contributed by atoms with Gasteiger partial charge in [-0.1, -0.05) is 42.5 Å². The molecule has 2 aromatic carbocycles. The van der Waals surface area contributed by atoms with Crippen LogP contribution >= 0.6 is 0 Å². The molecule has 1 saturated heterocycles. The highest BCUT2D eigenvalue weighted by atomic mass is 16.5. The maximum atomic E-state index is 10.0. The van der Waals surface area contributed by atoms with E-state index >= 15 is 0 Å². The van der Waals surface area contributed by atoms with Gasteiger partial charge in [-0.15, -0.1) is 0 Å². The molecule has 0 amide bonds. The normalized spacial score (nSPS) is 23.0. The highest BCUT2D eigenvalue weighted by molar-refractivity contribution is 5.31. The molecule has 3 nitrogen and oxygen atoms in total. The summed E-state index contributed by atoms with van der Waals surface area (Å²) in [5.41, 5.74) is 2.56. The van der Waals surface area contributed by atoms with Crippen LogP contribution in [0.2, 0.25) is 0 Å². The number of aliphatic hydroxyl groups excluding tert-OH is 1. The van der Waals surface area contributed by atoms with Crippen LogP contribution in [0.1, 0.15) is 42.9 Å². The largest absolute Gasteiger partial charge is 0.497 e. The molecule has 0 bridgehead atoms. The molecule has 0 aliphatic carbocycles. The molecule has 1 aliphatic rings. The number of aliphatic hydroxyl groups is 1. The second-order valence-electron chi connectivity index (χ2n) is 6.61. The van der Waals surface area contributed by atoms with Gasteiger partial charge in [-0.3, -0.25) is 4.90 Å². The first kappa shape index (κ1) is 17.0. The summed E-state index contributed by atoms with van der Waals surface area (Å²) >= 11 is 0. The lowest BCUT2D eigenvalue weighted by atomic mass is 9.83. The van der Waals surface area contributed by atoms with Crippen LogP contribution in [0.4, 0.5) is 0 Å². The Morgan fingerprint density at radius 3 is 2.46 bits per heavy atom. The second kappa shape index (κ2) is 7.82. The van der Waals surface area contributed by atoms with Gasteiger partial charge >= 0.3 is 0 Å². The lowest BCUT2D eigenvalue weighted by Crippen LogP contribution is -2.45. The lowest BCUT2D eigenvalue weighted by molar-refractivity contribution is 0.0523. The first-order valence-corrected chi connectivity index (χ1v) is 8.80. The molecule has 3 rings (SSSR count). The van der Waals surface area contributed by atoms with E-state index in [2.05, 4.69) is 36.1 Å². The maximum Gasteiger partial charge on any atom is 0.118 e. The number of ether oxygens (including phenoxy) is 1. The molecule has 1 aliphatic heterocycles. The fraction of sp³-hybridized carbons (Fsp3) is 0.429. The Bertz CT molecular complexity index is 626. The molecule has 3 atom stereocenters. The van der Waals surface area contributed by atoms with Gasteiger partial charge in [-0.25, -0.2) is 0 Å². The molecule has 3 heteroatoms. The number of hydrogen-bond donors (Lipinski definition) is 1. The van der Waals surface area contributed by atoms with E-state index in [-0.39, 0.29) is 12.6 Å². The van der Waals surface area contributed by atoms with Crippen molar-refractivity contribution in [3.05, 3.63) is 65.7 Å². The van der Waals surface area contributed by atoms with E-state index in [1.165, 1.54) is 17.5 Å². The Morgan fingerprint density at radius 2 is 1.83 bits per heavy atom. The van der Waals surface area contributed by atoms with Gasteiger partial charge < -0.3 is 9.84 Å². The SMILES string of the molecule is COc1ccc([C@@H]2CCCN([C@@H](CO)c3ccccc3)[C@@H]2C)cc1. The molecule has 2 aromatic rings. The number of nitrogens with zero attached hydrogens (tertiary/aromatic N) is 1. The van der Waals surface area contributed by atoms with Crippen LogP contribution < -0.4 is 4.74 Å². The van der Waals surface area contributed by atoms with Gasteiger partial charge in [0.25, 0.3) is 0 Å². The van der Waals surface area contributed by atoms with Crippen molar-refractivity contribution in [3.8, 4) is 5.75 Å². The summed E-state index contributed by atoms with van der Waals surface area (Å²) < 4.78 is 5.27. The molecular formula is C21H27NO2. The van der Waals surface area contributed by atoms with E-state index in [1.54, 1.807) is 7.11 Å². The number of piperidine rings is 1. The van der Waals surface area contributed by atoms with Crippen LogP contribution in [0, 0.1) is 0 Å². The highest BCUT2D eigenvalue weighted by Gasteiger charge is 2.33. The first-order chi connectivity index (χ1) is 11.7. The van der Waals surface area contributed by atoms with Crippen molar-refractivity contribution in [2.45, 2.75) is 37.8 Å². The van der Waals surface area contributed by atoms with Crippen molar-refractivity contribution in [2.75, 3.05) is 20.3 Å². The Labute approximate surface area is 144 Å². The standard InChI is InChI=1S/C21H27NO2/c1-16-20(17-10-12-19(24-2)13-11-17)9-6-14-22(16)21(15-23)18-7-4-3-5-8-18/h3-5,7-8,10-13,16,20-21,23H,6,9,14-15H2,1-2H3/t16-,20-,21+/m1/s1. The van der Waals surface area contributed by atoms with Gasteiger partial charge in [-0.2, -0.15) is 0 Å². The third-order valence-electron chi connectivity index (χ3n) is 5.34. The quantitative estimate of drug-likeness (QED) is 0.902. The van der Waals surface area contributed by atoms with Gasteiger partial charge in [0.1, 0.15) is 5.75 Å². The Kier molecular flexibility index (Phi) is 5.54. The van der Waals surface area contributed by atoms with E-state index in [0.29, 0.717) is 12.0 Å². The number of benzene rings is 2. The van der Waals surface area contributed by atoms with Gasteiger partial charge in [0.2, 0.25) is 0 Å². The minimum Gasteiger partial charge on any atom is -0.497 e. The summed E-state index contributed by atoms with van der Waals surface area (Å²) in [6.45, 7) is 3.48. The number of likely N-dealkylation sites (tertiary alicyclic amines) is 1. The average molecular weight is 325 g/mol. The molecular weight excluding hydrogens is 298 g/mol. The van der Waals surface area contributed by atoms with E-state index in [1.807, 2.05) is 30.3 Å². The summed E-state index contributed by atoms with van der Waals surface area (Å²) in [5.74, 6) is 1.39. The maximum absolute atomic E-state index is 10.0. The van der Waals surface area contributed by atoms with Gasteiger partial charge in [0, 0.05) is 6.04 Å². The van der Waals surface area contributed by atoms with E-state index in [4.69, 9.17) is 4.74 Å². The topological polar surface area (TPSA) is 32.7 Å². The summed E-state index contributed by atoms with van der Waals surface area (Å²) in [5, 5.41) is 10.0. The van der Waals surface area contributed by atoms with Crippen molar-refractivity contribution in [3.63, 3.8) is 0 Å². The summed E-state index contributed by atoms with van der Waals surface area (Å²) in [6, 6.07) is 19.3. The Balaban J connectivity index is 1.82. The molecule has 128 valence electrons. The van der Waals surface area contributed by atoms with Crippen molar-refractivity contribution in [1.82, 2.24) is 4.90 Å². The minimum absolute atomic E-state index is 0.0715. The van der Waals surface area contributed by atoms with E-state index < -0.39 is 0 Å². The van der Waals surface area contributed by atoms with Crippen LogP contribution in [0.3, 0.4) is 0 Å². The molecule has 0 saturated carbocycles. The first-order valence-electron chi connectivity index (χ1n) is 8.80. The van der Waals surface area contributed by atoms with Crippen LogP contribution in [0.25, 0.3) is 0 Å². The van der Waals surface area contributed by atoms with Crippen molar-refractivity contribution >= 4 is 0 Å². The molecule has 0 aromatic heterocycles. The predicted octanol–water partition coefficient (Wildman–Crippen LogP) is 4.00. The lowest BCUT2D eigenvalue weighted by Gasteiger charge is -2.44. The molecule has 1 heterocycles. The van der Waals surface area contributed by atoms with Crippen molar-refractivity contribution in [2.24, 2.45) is 0 Å². The molecule has 0 unspecified atom stereocenters. The van der Waals surface area contributed by atoms with Gasteiger partial charge in [-0.05, 0) is 55.5 Å². The Hall–Kier alpha value is -1.84. The number of rotatable bonds is 5. The van der Waals surface area contributed by atoms with Crippen LogP contribution in [0.15, 0.2) is 54.6 Å². The zero-order valence-corrected chi connectivity index (χ0v) is 14.6. The number of hydrogen-bond acceptors (Lipinski definition) is 3.